The van der Waals surface area contributed by atoms with Crippen LogP contribution in [0, 0.1) is 0 Å². The van der Waals surface area contributed by atoms with Gasteiger partial charge in [-0.25, -0.2) is 8.78 Å². The molecule has 0 bridgehead atoms. The molecule has 4 rings (SSSR count). The number of hydrogen-bond donors (Lipinski definition) is 2. The van der Waals surface area contributed by atoms with Crippen LogP contribution in [-0.2, 0) is 13.2 Å². The summed E-state index contributed by atoms with van der Waals surface area (Å²) in [5.41, 5.74) is 0.983. The van der Waals surface area contributed by atoms with Crippen LogP contribution >= 0.6 is 11.3 Å². The lowest BCUT2D eigenvalue weighted by atomic mass is 10.1. The maximum Gasteiger partial charge on any atom is 0.273 e. The minimum Gasteiger partial charge on any atom is -0.488 e. The van der Waals surface area contributed by atoms with Crippen LogP contribution in [0.1, 0.15) is 32.9 Å². The first-order valence-corrected chi connectivity index (χ1v) is 10.3. The average Bonchev–Trinajstić information content (AvgIpc) is 3.18. The Morgan fingerprint density at radius 1 is 1.03 bits per heavy atom. The van der Waals surface area contributed by atoms with Crippen LogP contribution < -0.4 is 15.6 Å². The number of fused-ring (bicyclic) bond motifs is 1. The number of nitrogens with one attached hydrogen (secondary N) is 2. The SMILES string of the molecule is O=C(NCc1cccc(=O)[nH]1)c1c(C(F)F)sc2cccc(OCc3ccccc3)c12. The van der Waals surface area contributed by atoms with Gasteiger partial charge in [0.25, 0.3) is 12.3 Å². The van der Waals surface area contributed by atoms with Gasteiger partial charge in [0.1, 0.15) is 12.4 Å². The molecule has 2 aromatic carbocycles. The fraction of sp³-hybridized carbons (Fsp3) is 0.130. The Hall–Kier alpha value is -3.52. The van der Waals surface area contributed by atoms with E-state index in [9.17, 15) is 18.4 Å². The summed E-state index contributed by atoms with van der Waals surface area (Å²) in [6.07, 6.45) is -2.81. The van der Waals surface area contributed by atoms with Gasteiger partial charge in [0, 0.05) is 21.8 Å². The van der Waals surface area contributed by atoms with Gasteiger partial charge in [0.2, 0.25) is 5.56 Å². The second-order valence-electron chi connectivity index (χ2n) is 6.77. The van der Waals surface area contributed by atoms with E-state index >= 15 is 0 Å². The monoisotopic (exact) mass is 440 g/mol. The molecule has 0 aliphatic rings. The van der Waals surface area contributed by atoms with Crippen LogP contribution in [0.5, 0.6) is 5.75 Å². The molecule has 2 N–H and O–H groups in total. The van der Waals surface area contributed by atoms with Crippen molar-refractivity contribution in [2.75, 3.05) is 0 Å². The highest BCUT2D eigenvalue weighted by atomic mass is 32.1. The third kappa shape index (κ3) is 4.64. The van der Waals surface area contributed by atoms with E-state index in [-0.39, 0.29) is 29.2 Å². The Kier molecular flexibility index (Phi) is 6.08. The van der Waals surface area contributed by atoms with E-state index in [0.29, 0.717) is 21.5 Å². The fourth-order valence-electron chi connectivity index (χ4n) is 3.23. The normalized spacial score (nSPS) is 11.1. The predicted octanol–water partition coefficient (Wildman–Crippen LogP) is 5.04. The number of halogens is 2. The quantitative estimate of drug-likeness (QED) is 0.423. The minimum atomic E-state index is -2.81. The number of amides is 1. The highest BCUT2D eigenvalue weighted by Gasteiger charge is 2.27. The zero-order valence-corrected chi connectivity index (χ0v) is 17.0. The van der Waals surface area contributed by atoms with Crippen molar-refractivity contribution in [1.29, 1.82) is 0 Å². The molecule has 5 nitrogen and oxygen atoms in total. The highest BCUT2D eigenvalue weighted by molar-refractivity contribution is 7.19. The van der Waals surface area contributed by atoms with Gasteiger partial charge < -0.3 is 15.0 Å². The summed E-state index contributed by atoms with van der Waals surface area (Å²) >= 11 is 0.872. The number of aromatic amines is 1. The van der Waals surface area contributed by atoms with Crippen molar-refractivity contribution in [2.24, 2.45) is 0 Å². The molecule has 2 aromatic heterocycles. The molecule has 2 heterocycles. The first-order chi connectivity index (χ1) is 15.0. The smallest absolute Gasteiger partial charge is 0.273 e. The predicted molar refractivity (Wildman–Crippen MR) is 116 cm³/mol. The molecule has 0 aliphatic carbocycles. The number of alkyl halides is 2. The van der Waals surface area contributed by atoms with Crippen molar-refractivity contribution < 1.29 is 18.3 Å². The summed E-state index contributed by atoms with van der Waals surface area (Å²) in [4.78, 5) is 26.7. The summed E-state index contributed by atoms with van der Waals surface area (Å²) in [6, 6.07) is 19.0. The minimum absolute atomic E-state index is 0.00196. The third-order valence-corrected chi connectivity index (χ3v) is 5.80. The van der Waals surface area contributed by atoms with Crippen LogP contribution in [0.3, 0.4) is 0 Å². The number of pyridine rings is 1. The molecule has 0 unspecified atom stereocenters. The second-order valence-corrected chi connectivity index (χ2v) is 7.85. The van der Waals surface area contributed by atoms with E-state index in [1.807, 2.05) is 30.3 Å². The Morgan fingerprint density at radius 2 is 1.81 bits per heavy atom. The van der Waals surface area contributed by atoms with Crippen molar-refractivity contribution in [1.82, 2.24) is 10.3 Å². The number of carbonyl (C=O) groups excluding carboxylic acids is 1. The van der Waals surface area contributed by atoms with E-state index in [1.54, 1.807) is 30.3 Å². The zero-order chi connectivity index (χ0) is 21.8. The molecule has 1 amide bonds. The van der Waals surface area contributed by atoms with Crippen molar-refractivity contribution in [2.45, 2.75) is 19.6 Å². The van der Waals surface area contributed by atoms with Gasteiger partial charge in [-0.3, -0.25) is 9.59 Å². The van der Waals surface area contributed by atoms with E-state index in [4.69, 9.17) is 4.74 Å². The maximum atomic E-state index is 13.8. The van der Waals surface area contributed by atoms with E-state index in [1.165, 1.54) is 6.07 Å². The summed E-state index contributed by atoms with van der Waals surface area (Å²) in [5.74, 6) is -0.287. The number of hydrogen-bond acceptors (Lipinski definition) is 4. The number of ether oxygens (including phenoxy) is 1. The molecular weight excluding hydrogens is 422 g/mol. The maximum absolute atomic E-state index is 13.8. The summed E-state index contributed by atoms with van der Waals surface area (Å²) < 4.78 is 34.0. The van der Waals surface area contributed by atoms with Gasteiger partial charge >= 0.3 is 0 Å². The third-order valence-electron chi connectivity index (χ3n) is 4.63. The van der Waals surface area contributed by atoms with E-state index in [2.05, 4.69) is 10.3 Å². The lowest BCUT2D eigenvalue weighted by Crippen LogP contribution is -2.25. The van der Waals surface area contributed by atoms with Crippen LogP contribution in [-0.4, -0.2) is 10.9 Å². The Balaban J connectivity index is 1.67. The van der Waals surface area contributed by atoms with Gasteiger partial charge in [-0.05, 0) is 23.8 Å². The van der Waals surface area contributed by atoms with Gasteiger partial charge in [0.15, 0.2) is 0 Å². The molecule has 31 heavy (non-hydrogen) atoms. The number of H-pyrrole nitrogens is 1. The number of rotatable bonds is 7. The van der Waals surface area contributed by atoms with Gasteiger partial charge in [0.05, 0.1) is 17.0 Å². The number of carbonyl (C=O) groups is 1. The largest absolute Gasteiger partial charge is 0.488 e. The zero-order valence-electron chi connectivity index (χ0n) is 16.2. The molecule has 0 saturated carbocycles. The Morgan fingerprint density at radius 3 is 2.55 bits per heavy atom. The molecule has 0 fully saturated rings. The molecule has 0 radical (unpaired) electrons. The Bertz CT molecular complexity index is 1270. The van der Waals surface area contributed by atoms with Crippen molar-refractivity contribution in [3.05, 3.63) is 98.8 Å². The van der Waals surface area contributed by atoms with Crippen molar-refractivity contribution in [3.63, 3.8) is 0 Å². The second kappa shape index (κ2) is 9.09. The first-order valence-electron chi connectivity index (χ1n) is 9.49. The van der Waals surface area contributed by atoms with E-state index in [0.717, 1.165) is 16.9 Å². The van der Waals surface area contributed by atoms with Crippen molar-refractivity contribution in [3.8, 4) is 5.75 Å². The first kappa shape index (κ1) is 20.7. The number of aromatic nitrogens is 1. The number of thiophene rings is 1. The molecule has 0 saturated heterocycles. The molecule has 0 spiro atoms. The summed E-state index contributed by atoms with van der Waals surface area (Å²) in [7, 11) is 0. The standard InChI is InChI=1S/C23H18F2N2O3S/c24-22(25)21-20(23(29)26-12-15-8-4-11-18(28)27-15)19-16(9-5-10-17(19)31-21)30-13-14-6-2-1-3-7-14/h1-11,22H,12-13H2,(H,26,29)(H,27,28). The molecule has 4 aromatic rings. The summed E-state index contributed by atoms with van der Waals surface area (Å²) in [5, 5.41) is 2.98. The molecule has 0 aliphatic heterocycles. The Labute approximate surface area is 180 Å². The molecular formula is C23H18F2N2O3S. The molecule has 0 atom stereocenters. The topological polar surface area (TPSA) is 71.2 Å². The highest BCUT2D eigenvalue weighted by Crippen LogP contribution is 2.42. The molecule has 158 valence electrons. The van der Waals surface area contributed by atoms with Crippen molar-refractivity contribution >= 4 is 27.3 Å². The van der Waals surface area contributed by atoms with Crippen LogP contribution in [0.2, 0.25) is 0 Å². The average molecular weight is 440 g/mol. The van der Waals surface area contributed by atoms with Crippen LogP contribution in [0.25, 0.3) is 10.1 Å². The molecule has 8 heteroatoms. The fourth-order valence-corrected chi connectivity index (χ4v) is 4.30. The van der Waals surface area contributed by atoms with Crippen LogP contribution in [0.15, 0.2) is 71.5 Å². The lowest BCUT2D eigenvalue weighted by Gasteiger charge is -2.11. The van der Waals surface area contributed by atoms with Crippen LogP contribution in [0.4, 0.5) is 8.78 Å². The van der Waals surface area contributed by atoms with E-state index < -0.39 is 12.3 Å². The summed E-state index contributed by atoms with van der Waals surface area (Å²) in [6.45, 7) is 0.244. The lowest BCUT2D eigenvalue weighted by molar-refractivity contribution is 0.0941. The van der Waals surface area contributed by atoms with Gasteiger partial charge in [-0.2, -0.15) is 0 Å². The number of benzene rings is 2. The van der Waals surface area contributed by atoms with Gasteiger partial charge in [-0.15, -0.1) is 11.3 Å². The van der Waals surface area contributed by atoms with Gasteiger partial charge in [-0.1, -0.05) is 42.5 Å².